The quantitative estimate of drug-likeness (QED) is 0.854. The van der Waals surface area contributed by atoms with Crippen LogP contribution in [0.5, 0.6) is 0 Å². The predicted octanol–water partition coefficient (Wildman–Crippen LogP) is 2.10. The molecule has 136 valence electrons. The maximum absolute atomic E-state index is 12.7. The monoisotopic (exact) mass is 381 g/mol. The molecule has 2 aromatic rings. The summed E-state index contributed by atoms with van der Waals surface area (Å²) in [7, 11) is -3.40. The summed E-state index contributed by atoms with van der Waals surface area (Å²) in [6.07, 6.45) is 0. The minimum Gasteiger partial charge on any atom is -0.370 e. The molecule has 1 N–H and O–H groups in total. The lowest BCUT2D eigenvalue weighted by Crippen LogP contribution is -2.49. The first-order chi connectivity index (χ1) is 11.9. The molecule has 0 atom stereocenters. The number of thiophene rings is 1. The molecule has 3 rings (SSSR count). The minimum absolute atomic E-state index is 0.416. The maximum Gasteiger partial charge on any atom is 0.252 e. The average molecular weight is 382 g/mol. The molecule has 2 aromatic heterocycles. The highest BCUT2D eigenvalue weighted by Crippen LogP contribution is 2.26. The van der Waals surface area contributed by atoms with E-state index in [9.17, 15) is 8.42 Å². The van der Waals surface area contributed by atoms with Crippen LogP contribution in [0.3, 0.4) is 0 Å². The van der Waals surface area contributed by atoms with E-state index >= 15 is 0 Å². The van der Waals surface area contributed by atoms with Gasteiger partial charge in [-0.05, 0) is 32.9 Å². The Kier molecular flexibility index (Phi) is 5.26. The molecule has 1 fully saturated rings. The number of sulfonamides is 1. The minimum atomic E-state index is -3.40. The van der Waals surface area contributed by atoms with Crippen LogP contribution < -0.4 is 10.2 Å². The maximum atomic E-state index is 12.7. The molecule has 1 aliphatic heterocycles. The van der Waals surface area contributed by atoms with Crippen LogP contribution in [-0.4, -0.2) is 55.4 Å². The van der Waals surface area contributed by atoms with Crippen LogP contribution in [0.2, 0.25) is 0 Å². The van der Waals surface area contributed by atoms with Crippen molar-refractivity contribution in [1.82, 2.24) is 14.3 Å². The standard InChI is InChI=1S/C16H23N5O2S2/c1-4-17-14-11-12(2)18-16(19-14)20-7-9-21(10-8-20)25(22,23)15-6-5-13(3)24-15/h5-6,11H,4,7-10H2,1-3H3,(H,17,18,19). The Bertz CT molecular complexity index is 842. The summed E-state index contributed by atoms with van der Waals surface area (Å²) in [4.78, 5) is 12.1. The second kappa shape index (κ2) is 7.27. The lowest BCUT2D eigenvalue weighted by molar-refractivity contribution is 0.383. The van der Waals surface area contributed by atoms with E-state index in [2.05, 4.69) is 15.3 Å². The van der Waals surface area contributed by atoms with Gasteiger partial charge in [0.1, 0.15) is 10.0 Å². The number of nitrogens with one attached hydrogen (secondary N) is 1. The molecule has 0 spiro atoms. The first-order valence-corrected chi connectivity index (χ1v) is 10.6. The van der Waals surface area contributed by atoms with Crippen molar-refractivity contribution in [1.29, 1.82) is 0 Å². The van der Waals surface area contributed by atoms with Gasteiger partial charge in [0.25, 0.3) is 10.0 Å². The van der Waals surface area contributed by atoms with Crippen LogP contribution in [0.1, 0.15) is 17.5 Å². The summed E-state index contributed by atoms with van der Waals surface area (Å²) < 4.78 is 27.4. The normalized spacial score (nSPS) is 16.2. The molecule has 0 aromatic carbocycles. The third kappa shape index (κ3) is 3.94. The van der Waals surface area contributed by atoms with Crippen LogP contribution in [0.15, 0.2) is 22.4 Å². The SMILES string of the molecule is CCNc1cc(C)nc(N2CCN(S(=O)(=O)c3ccc(C)s3)CC2)n1. The fraction of sp³-hybridized carbons (Fsp3) is 0.500. The van der Waals surface area contributed by atoms with Gasteiger partial charge in [0.15, 0.2) is 0 Å². The van der Waals surface area contributed by atoms with Gasteiger partial charge in [-0.3, -0.25) is 0 Å². The molecule has 9 heteroatoms. The Balaban J connectivity index is 1.72. The fourth-order valence-electron chi connectivity index (χ4n) is 2.77. The fourth-order valence-corrected chi connectivity index (χ4v) is 5.63. The zero-order valence-corrected chi connectivity index (χ0v) is 16.3. The number of aromatic nitrogens is 2. The topological polar surface area (TPSA) is 78.4 Å². The van der Waals surface area contributed by atoms with E-state index in [4.69, 9.17) is 0 Å². The second-order valence-corrected chi connectivity index (χ2v) is 9.43. The third-order valence-electron chi connectivity index (χ3n) is 4.03. The van der Waals surface area contributed by atoms with Gasteiger partial charge in [-0.1, -0.05) is 0 Å². The number of rotatable bonds is 5. The molecular weight excluding hydrogens is 358 g/mol. The zero-order valence-electron chi connectivity index (χ0n) is 14.7. The Hall–Kier alpha value is -1.71. The van der Waals surface area contributed by atoms with Crippen molar-refractivity contribution in [2.75, 3.05) is 42.9 Å². The Morgan fingerprint density at radius 3 is 2.48 bits per heavy atom. The largest absolute Gasteiger partial charge is 0.370 e. The molecule has 0 unspecified atom stereocenters. The van der Waals surface area contributed by atoms with Crippen molar-refractivity contribution in [2.24, 2.45) is 0 Å². The Morgan fingerprint density at radius 1 is 1.16 bits per heavy atom. The van der Waals surface area contributed by atoms with Crippen LogP contribution >= 0.6 is 11.3 Å². The van der Waals surface area contributed by atoms with E-state index in [-0.39, 0.29) is 0 Å². The molecule has 25 heavy (non-hydrogen) atoms. The summed E-state index contributed by atoms with van der Waals surface area (Å²) in [5.74, 6) is 1.45. The van der Waals surface area contributed by atoms with E-state index in [1.807, 2.05) is 37.8 Å². The van der Waals surface area contributed by atoms with Gasteiger partial charge in [0, 0.05) is 49.4 Å². The van der Waals surface area contributed by atoms with Gasteiger partial charge in [-0.25, -0.2) is 13.4 Å². The van der Waals surface area contributed by atoms with Crippen molar-refractivity contribution in [3.63, 3.8) is 0 Å². The number of anilines is 2. The van der Waals surface area contributed by atoms with Gasteiger partial charge < -0.3 is 10.2 Å². The average Bonchev–Trinajstić information content (AvgIpc) is 3.02. The number of hydrogen-bond acceptors (Lipinski definition) is 7. The summed E-state index contributed by atoms with van der Waals surface area (Å²) in [6, 6.07) is 5.44. The number of aryl methyl sites for hydroxylation is 2. The summed E-state index contributed by atoms with van der Waals surface area (Å²) in [6.45, 7) is 8.71. The van der Waals surface area contributed by atoms with Gasteiger partial charge in [-0.15, -0.1) is 11.3 Å². The number of nitrogens with zero attached hydrogens (tertiary/aromatic N) is 4. The van der Waals surface area contributed by atoms with E-state index in [0.717, 1.165) is 22.9 Å². The summed E-state index contributed by atoms with van der Waals surface area (Å²) >= 11 is 1.32. The van der Waals surface area contributed by atoms with Crippen molar-refractivity contribution in [3.05, 3.63) is 28.8 Å². The smallest absolute Gasteiger partial charge is 0.252 e. The second-order valence-electron chi connectivity index (χ2n) is 5.98. The van der Waals surface area contributed by atoms with Crippen molar-refractivity contribution in [2.45, 2.75) is 25.0 Å². The van der Waals surface area contributed by atoms with E-state index < -0.39 is 10.0 Å². The first-order valence-electron chi connectivity index (χ1n) is 8.31. The molecule has 0 bridgehead atoms. The lowest BCUT2D eigenvalue weighted by Gasteiger charge is -2.33. The highest BCUT2D eigenvalue weighted by molar-refractivity contribution is 7.91. The molecule has 0 aliphatic carbocycles. The molecule has 1 saturated heterocycles. The molecule has 0 radical (unpaired) electrons. The molecular formula is C16H23N5O2S2. The van der Waals surface area contributed by atoms with E-state index in [1.54, 1.807) is 10.4 Å². The Labute approximate surface area is 152 Å². The van der Waals surface area contributed by atoms with Crippen molar-refractivity contribution >= 4 is 33.1 Å². The van der Waals surface area contributed by atoms with Crippen LogP contribution in [-0.2, 0) is 10.0 Å². The van der Waals surface area contributed by atoms with Crippen LogP contribution in [0.25, 0.3) is 0 Å². The molecule has 0 saturated carbocycles. The highest BCUT2D eigenvalue weighted by atomic mass is 32.2. The van der Waals surface area contributed by atoms with Gasteiger partial charge >= 0.3 is 0 Å². The summed E-state index contributed by atoms with van der Waals surface area (Å²) in [5, 5.41) is 3.20. The van der Waals surface area contributed by atoms with Gasteiger partial charge in [0.05, 0.1) is 0 Å². The molecule has 3 heterocycles. The highest BCUT2D eigenvalue weighted by Gasteiger charge is 2.30. The lowest BCUT2D eigenvalue weighted by atomic mass is 10.3. The van der Waals surface area contributed by atoms with Crippen molar-refractivity contribution < 1.29 is 8.42 Å². The zero-order chi connectivity index (χ0) is 18.0. The molecule has 0 amide bonds. The molecule has 1 aliphatic rings. The molecule has 7 nitrogen and oxygen atoms in total. The van der Waals surface area contributed by atoms with Crippen LogP contribution in [0, 0.1) is 13.8 Å². The summed E-state index contributed by atoms with van der Waals surface area (Å²) in [5.41, 5.74) is 0.894. The first kappa shape index (κ1) is 18.1. The van der Waals surface area contributed by atoms with Crippen LogP contribution in [0.4, 0.5) is 11.8 Å². The van der Waals surface area contributed by atoms with Gasteiger partial charge in [0.2, 0.25) is 5.95 Å². The predicted molar refractivity (Wildman–Crippen MR) is 101 cm³/mol. The van der Waals surface area contributed by atoms with Crippen molar-refractivity contribution in [3.8, 4) is 0 Å². The number of piperazine rings is 1. The van der Waals surface area contributed by atoms with Gasteiger partial charge in [-0.2, -0.15) is 9.29 Å². The van der Waals surface area contributed by atoms with E-state index in [0.29, 0.717) is 36.3 Å². The third-order valence-corrected chi connectivity index (χ3v) is 7.40. The van der Waals surface area contributed by atoms with E-state index in [1.165, 1.54) is 11.3 Å². The Morgan fingerprint density at radius 2 is 1.88 bits per heavy atom. The number of hydrogen-bond donors (Lipinski definition) is 1.